The van der Waals surface area contributed by atoms with E-state index in [-0.39, 0.29) is 5.75 Å². The molecular weight excluding hydrogens is 324 g/mol. The second-order valence-electron chi connectivity index (χ2n) is 6.89. The van der Waals surface area contributed by atoms with Crippen LogP contribution >= 0.6 is 0 Å². The van der Waals surface area contributed by atoms with Crippen molar-refractivity contribution < 1.29 is 5.11 Å². The fourth-order valence-electron chi connectivity index (χ4n) is 3.56. The molecule has 3 aromatic rings. The highest BCUT2D eigenvalue weighted by Crippen LogP contribution is 2.30. The quantitative estimate of drug-likeness (QED) is 0.786. The van der Waals surface area contributed by atoms with Gasteiger partial charge in [0.15, 0.2) is 0 Å². The fraction of sp³-hybridized carbons (Fsp3) is 0.333. The van der Waals surface area contributed by atoms with Crippen LogP contribution in [0.4, 0.5) is 0 Å². The minimum Gasteiger partial charge on any atom is -0.508 e. The van der Waals surface area contributed by atoms with E-state index in [1.165, 1.54) is 17.0 Å². The molecular formula is C21H24N4O. The van der Waals surface area contributed by atoms with Crippen LogP contribution in [0.5, 0.6) is 5.75 Å². The Morgan fingerprint density at radius 1 is 1.12 bits per heavy atom. The van der Waals surface area contributed by atoms with E-state index >= 15 is 0 Å². The third-order valence-corrected chi connectivity index (χ3v) is 5.08. The monoisotopic (exact) mass is 348 g/mol. The van der Waals surface area contributed by atoms with Crippen LogP contribution in [0.15, 0.2) is 42.6 Å². The van der Waals surface area contributed by atoms with Crippen LogP contribution < -0.4 is 0 Å². The molecule has 0 fully saturated rings. The summed E-state index contributed by atoms with van der Waals surface area (Å²) < 4.78 is 2.17. The molecule has 0 spiro atoms. The normalized spacial score (nSPS) is 14.4. The smallest absolute Gasteiger partial charge is 0.129 e. The van der Waals surface area contributed by atoms with Gasteiger partial charge in [0.2, 0.25) is 0 Å². The average molecular weight is 348 g/mol. The maximum atomic E-state index is 9.61. The lowest BCUT2D eigenvalue weighted by molar-refractivity contribution is 0.238. The topological polar surface area (TPSA) is 54.2 Å². The van der Waals surface area contributed by atoms with Crippen molar-refractivity contribution in [2.24, 2.45) is 7.05 Å². The predicted molar refractivity (Wildman–Crippen MR) is 102 cm³/mol. The van der Waals surface area contributed by atoms with E-state index < -0.39 is 0 Å². The Morgan fingerprint density at radius 3 is 2.62 bits per heavy atom. The molecule has 134 valence electrons. The summed E-state index contributed by atoms with van der Waals surface area (Å²) >= 11 is 0. The zero-order chi connectivity index (χ0) is 18.1. The van der Waals surface area contributed by atoms with Crippen LogP contribution in [0.2, 0.25) is 0 Å². The van der Waals surface area contributed by atoms with Crippen molar-refractivity contribution in [3.63, 3.8) is 0 Å². The van der Waals surface area contributed by atoms with Crippen LogP contribution in [-0.4, -0.2) is 31.1 Å². The average Bonchev–Trinajstić information content (AvgIpc) is 3.06. The zero-order valence-corrected chi connectivity index (χ0v) is 15.3. The minimum atomic E-state index is 0.276. The molecule has 4 rings (SSSR count). The summed E-state index contributed by atoms with van der Waals surface area (Å²) in [4.78, 5) is 12.1. The molecule has 5 nitrogen and oxygen atoms in total. The third-order valence-electron chi connectivity index (χ3n) is 5.08. The molecule has 5 heteroatoms. The van der Waals surface area contributed by atoms with Gasteiger partial charge < -0.3 is 9.67 Å². The Bertz CT molecular complexity index is 914. The molecule has 0 aliphatic carbocycles. The SMILES string of the molecule is CCc1nc2c(c(-c3ccc(O)cc3)n1)CN(Cc1cccn1C)CC2. The Kier molecular flexibility index (Phi) is 4.47. The summed E-state index contributed by atoms with van der Waals surface area (Å²) in [5.41, 5.74) is 5.74. The zero-order valence-electron chi connectivity index (χ0n) is 15.3. The number of hydrogen-bond acceptors (Lipinski definition) is 4. The highest BCUT2D eigenvalue weighted by atomic mass is 16.3. The van der Waals surface area contributed by atoms with Crippen molar-refractivity contribution >= 4 is 0 Å². The minimum absolute atomic E-state index is 0.276. The van der Waals surface area contributed by atoms with Crippen molar-refractivity contribution in [1.29, 1.82) is 0 Å². The van der Waals surface area contributed by atoms with Gasteiger partial charge in [0.05, 0.1) is 11.4 Å². The maximum Gasteiger partial charge on any atom is 0.129 e. The number of aromatic hydroxyl groups is 1. The van der Waals surface area contributed by atoms with Gasteiger partial charge in [-0.15, -0.1) is 0 Å². The standard InChI is InChI=1S/C21H24N4O/c1-3-20-22-19-10-12-25(13-16-5-4-11-24(16)2)14-18(19)21(23-20)15-6-8-17(26)9-7-15/h4-9,11,26H,3,10,12-14H2,1-2H3. The number of phenols is 1. The van der Waals surface area contributed by atoms with E-state index in [2.05, 4.69) is 41.8 Å². The molecule has 0 bridgehead atoms. The van der Waals surface area contributed by atoms with Crippen LogP contribution in [0, 0.1) is 0 Å². The molecule has 1 aromatic carbocycles. The first kappa shape index (κ1) is 16.8. The molecule has 0 unspecified atom stereocenters. The van der Waals surface area contributed by atoms with Gasteiger partial charge in [0.1, 0.15) is 11.6 Å². The molecule has 1 aliphatic heterocycles. The number of rotatable bonds is 4. The number of aryl methyl sites for hydroxylation is 2. The van der Waals surface area contributed by atoms with Crippen molar-refractivity contribution in [3.8, 4) is 17.0 Å². The number of hydrogen-bond donors (Lipinski definition) is 1. The maximum absolute atomic E-state index is 9.61. The highest BCUT2D eigenvalue weighted by molar-refractivity contribution is 5.65. The van der Waals surface area contributed by atoms with E-state index in [1.54, 1.807) is 12.1 Å². The number of benzene rings is 1. The number of fused-ring (bicyclic) bond motifs is 1. The van der Waals surface area contributed by atoms with Crippen molar-refractivity contribution in [2.75, 3.05) is 6.54 Å². The van der Waals surface area contributed by atoms with E-state index in [4.69, 9.17) is 9.97 Å². The fourth-order valence-corrected chi connectivity index (χ4v) is 3.56. The third kappa shape index (κ3) is 3.22. The summed E-state index contributed by atoms with van der Waals surface area (Å²) in [6.45, 7) is 4.87. The number of phenolic OH excluding ortho intramolecular Hbond substituents is 1. The van der Waals surface area contributed by atoms with E-state index in [0.29, 0.717) is 0 Å². The van der Waals surface area contributed by atoms with E-state index in [9.17, 15) is 5.11 Å². The van der Waals surface area contributed by atoms with Crippen molar-refractivity contribution in [1.82, 2.24) is 19.4 Å². The van der Waals surface area contributed by atoms with Crippen LogP contribution in [0.1, 0.15) is 29.7 Å². The van der Waals surface area contributed by atoms with Gasteiger partial charge >= 0.3 is 0 Å². The molecule has 2 aromatic heterocycles. The first-order valence-electron chi connectivity index (χ1n) is 9.14. The van der Waals surface area contributed by atoms with Gasteiger partial charge in [-0.1, -0.05) is 6.92 Å². The largest absolute Gasteiger partial charge is 0.508 e. The molecule has 0 saturated carbocycles. The highest BCUT2D eigenvalue weighted by Gasteiger charge is 2.23. The molecule has 3 heterocycles. The van der Waals surface area contributed by atoms with Gasteiger partial charge in [-0.3, -0.25) is 4.90 Å². The van der Waals surface area contributed by atoms with Gasteiger partial charge in [-0.05, 0) is 36.4 Å². The van der Waals surface area contributed by atoms with Gasteiger partial charge in [0.25, 0.3) is 0 Å². The molecule has 0 saturated heterocycles. The van der Waals surface area contributed by atoms with Gasteiger partial charge in [-0.2, -0.15) is 0 Å². The molecule has 1 aliphatic rings. The molecule has 0 amide bonds. The summed E-state index contributed by atoms with van der Waals surface area (Å²) in [5.74, 6) is 1.17. The Hall–Kier alpha value is -2.66. The molecule has 1 N–H and O–H groups in total. The van der Waals surface area contributed by atoms with E-state index in [1.807, 2.05) is 12.1 Å². The second-order valence-corrected chi connectivity index (χ2v) is 6.89. The Morgan fingerprint density at radius 2 is 1.92 bits per heavy atom. The van der Waals surface area contributed by atoms with Crippen LogP contribution in [0.3, 0.4) is 0 Å². The lowest BCUT2D eigenvalue weighted by Gasteiger charge is -2.29. The first-order chi connectivity index (χ1) is 12.6. The second kappa shape index (κ2) is 6.92. The van der Waals surface area contributed by atoms with E-state index in [0.717, 1.165) is 49.6 Å². The van der Waals surface area contributed by atoms with Crippen molar-refractivity contribution in [2.45, 2.75) is 32.9 Å². The Labute approximate surface area is 154 Å². The van der Waals surface area contributed by atoms with Gasteiger partial charge in [-0.25, -0.2) is 9.97 Å². The summed E-state index contributed by atoms with van der Waals surface area (Å²) in [5, 5.41) is 9.61. The lowest BCUT2D eigenvalue weighted by atomic mass is 9.98. The van der Waals surface area contributed by atoms with Crippen LogP contribution in [0.25, 0.3) is 11.3 Å². The lowest BCUT2D eigenvalue weighted by Crippen LogP contribution is -2.32. The Balaban J connectivity index is 1.70. The molecule has 0 radical (unpaired) electrons. The summed E-state index contributed by atoms with van der Waals surface area (Å²) in [7, 11) is 2.09. The molecule has 0 atom stereocenters. The predicted octanol–water partition coefficient (Wildman–Crippen LogP) is 3.31. The summed E-state index contributed by atoms with van der Waals surface area (Å²) in [6, 6.07) is 11.6. The van der Waals surface area contributed by atoms with Gasteiger partial charge in [0, 0.05) is 62.5 Å². The molecule has 26 heavy (non-hydrogen) atoms. The van der Waals surface area contributed by atoms with Crippen molar-refractivity contribution in [3.05, 3.63) is 65.4 Å². The summed E-state index contributed by atoms with van der Waals surface area (Å²) in [6.07, 6.45) is 3.86. The number of aromatic nitrogens is 3. The number of nitrogens with zero attached hydrogens (tertiary/aromatic N) is 4. The first-order valence-corrected chi connectivity index (χ1v) is 9.14. The van der Waals surface area contributed by atoms with Crippen LogP contribution in [-0.2, 0) is 33.0 Å².